The lowest BCUT2D eigenvalue weighted by Gasteiger charge is -2.07. The van der Waals surface area contributed by atoms with Crippen LogP contribution in [0.2, 0.25) is 0 Å². The molecule has 0 bridgehead atoms. The fourth-order valence-corrected chi connectivity index (χ4v) is 3.05. The molecular formula is C31H32. The van der Waals surface area contributed by atoms with Crippen LogP contribution in [0.15, 0.2) is 128 Å². The summed E-state index contributed by atoms with van der Waals surface area (Å²) in [6, 6.07) is 27.3. The molecule has 0 atom stereocenters. The largest absolute Gasteiger partial charge is 0.0991 e. The maximum Gasteiger partial charge on any atom is -0.0184 e. The number of hydrogen-bond donors (Lipinski definition) is 0. The van der Waals surface area contributed by atoms with Crippen molar-refractivity contribution in [2.45, 2.75) is 19.8 Å². The second-order valence-electron chi connectivity index (χ2n) is 7.27. The summed E-state index contributed by atoms with van der Waals surface area (Å²) in [7, 11) is 0. The van der Waals surface area contributed by atoms with Crippen molar-refractivity contribution in [1.82, 2.24) is 0 Å². The fourth-order valence-electron chi connectivity index (χ4n) is 3.05. The van der Waals surface area contributed by atoms with Gasteiger partial charge in [0.15, 0.2) is 0 Å². The fraction of sp³-hybridized carbons (Fsp3) is 0.0968. The van der Waals surface area contributed by atoms with Crippen molar-refractivity contribution >= 4 is 12.2 Å². The Morgan fingerprint density at radius 3 is 2.03 bits per heavy atom. The normalized spacial score (nSPS) is 11.3. The zero-order chi connectivity index (χ0) is 22.3. The molecule has 0 saturated heterocycles. The first-order chi connectivity index (χ1) is 15.1. The molecule has 3 aromatic carbocycles. The third-order valence-electron chi connectivity index (χ3n) is 4.70. The number of rotatable bonds is 4. The summed E-state index contributed by atoms with van der Waals surface area (Å²) < 4.78 is 0. The molecule has 0 unspecified atom stereocenters. The third kappa shape index (κ3) is 8.72. The van der Waals surface area contributed by atoms with E-state index in [4.69, 9.17) is 0 Å². The first-order valence-corrected chi connectivity index (χ1v) is 10.6. The highest BCUT2D eigenvalue weighted by molar-refractivity contribution is 5.65. The highest BCUT2D eigenvalue weighted by Crippen LogP contribution is 2.19. The van der Waals surface area contributed by atoms with E-state index < -0.39 is 0 Å². The van der Waals surface area contributed by atoms with Crippen LogP contribution in [0.1, 0.15) is 30.0 Å². The molecule has 0 spiro atoms. The van der Waals surface area contributed by atoms with Crippen LogP contribution in [-0.2, 0) is 6.42 Å². The zero-order valence-electron chi connectivity index (χ0n) is 18.5. The van der Waals surface area contributed by atoms with Gasteiger partial charge in [-0.25, -0.2) is 0 Å². The van der Waals surface area contributed by atoms with E-state index in [9.17, 15) is 0 Å². The lowest BCUT2D eigenvalue weighted by atomic mass is 9.98. The summed E-state index contributed by atoms with van der Waals surface area (Å²) in [5.41, 5.74) is 7.60. The summed E-state index contributed by atoms with van der Waals surface area (Å²) in [6.45, 7) is 12.8. The molecule has 0 aliphatic heterocycles. The topological polar surface area (TPSA) is 0 Å². The van der Waals surface area contributed by atoms with Crippen molar-refractivity contribution in [2.24, 2.45) is 0 Å². The Morgan fingerprint density at radius 1 is 0.806 bits per heavy atom. The highest BCUT2D eigenvalue weighted by atomic mass is 14.1. The Morgan fingerprint density at radius 2 is 1.45 bits per heavy atom. The van der Waals surface area contributed by atoms with Gasteiger partial charge >= 0.3 is 0 Å². The van der Waals surface area contributed by atoms with Gasteiger partial charge in [-0.2, -0.15) is 0 Å². The van der Waals surface area contributed by atoms with Crippen molar-refractivity contribution in [1.29, 1.82) is 0 Å². The molecule has 0 amide bonds. The predicted octanol–water partition coefficient (Wildman–Crippen LogP) is 8.95. The van der Waals surface area contributed by atoms with Gasteiger partial charge in [-0.05, 0) is 47.6 Å². The van der Waals surface area contributed by atoms with E-state index in [1.165, 1.54) is 35.1 Å². The Hall–Kier alpha value is -3.64. The molecule has 0 radical (unpaired) electrons. The van der Waals surface area contributed by atoms with E-state index in [0.717, 1.165) is 11.1 Å². The number of allylic oxidation sites excluding steroid dienone is 5. The Kier molecular flexibility index (Phi) is 10.3. The van der Waals surface area contributed by atoms with Crippen molar-refractivity contribution in [3.05, 3.63) is 145 Å². The lowest BCUT2D eigenvalue weighted by molar-refractivity contribution is 0.986. The Balaban J connectivity index is 0.000000177. The molecular weight excluding hydrogens is 372 g/mol. The number of aryl methyl sites for hydroxylation is 1. The van der Waals surface area contributed by atoms with Crippen molar-refractivity contribution in [3.8, 4) is 11.1 Å². The smallest absolute Gasteiger partial charge is 0.0184 e. The highest BCUT2D eigenvalue weighted by Gasteiger charge is 2.00. The van der Waals surface area contributed by atoms with Crippen molar-refractivity contribution in [3.63, 3.8) is 0 Å². The van der Waals surface area contributed by atoms with Crippen molar-refractivity contribution < 1.29 is 0 Å². The SMILES string of the molecule is C1=Cc2ccccc2CC1.C=C/C=C\C(=C)C.C=Cc1ccc(-c2ccccc2)cc1. The monoisotopic (exact) mass is 404 g/mol. The van der Waals surface area contributed by atoms with Crippen LogP contribution in [0.5, 0.6) is 0 Å². The van der Waals surface area contributed by atoms with E-state index >= 15 is 0 Å². The lowest BCUT2D eigenvalue weighted by Crippen LogP contribution is -1.91. The molecule has 0 heterocycles. The number of benzene rings is 3. The van der Waals surface area contributed by atoms with Gasteiger partial charge in [0.05, 0.1) is 0 Å². The molecule has 3 aromatic rings. The summed E-state index contributed by atoms with van der Waals surface area (Å²) in [5, 5.41) is 0. The minimum atomic E-state index is 1.06. The van der Waals surface area contributed by atoms with Crippen LogP contribution in [0.4, 0.5) is 0 Å². The molecule has 0 N–H and O–H groups in total. The molecule has 0 aromatic heterocycles. The standard InChI is InChI=1S/C14H12.C10H10.C7H10/c1-2-12-8-10-14(11-9-12)13-6-4-3-5-7-13;1-2-6-10-8-4-3-7-9(10)5-1;1-4-5-6-7(2)3/h2-11H,1H2;1-3,5-7H,4,8H2;4-6H,1-2H2,3H3/b;;6-5-. The Labute approximate surface area is 188 Å². The molecule has 156 valence electrons. The maximum atomic E-state index is 3.73. The van der Waals surface area contributed by atoms with E-state index in [-0.39, 0.29) is 0 Å². The summed E-state index contributed by atoms with van der Waals surface area (Å²) in [4.78, 5) is 0. The molecule has 31 heavy (non-hydrogen) atoms. The predicted molar refractivity (Wildman–Crippen MR) is 140 cm³/mol. The minimum Gasteiger partial charge on any atom is -0.0991 e. The first kappa shape index (κ1) is 23.6. The van der Waals surface area contributed by atoms with Crippen LogP contribution in [0.3, 0.4) is 0 Å². The Bertz CT molecular complexity index is 1020. The summed E-state index contributed by atoms with van der Waals surface area (Å²) >= 11 is 0. The number of hydrogen-bond acceptors (Lipinski definition) is 0. The van der Waals surface area contributed by atoms with Gasteiger partial charge in [0.1, 0.15) is 0 Å². The van der Waals surface area contributed by atoms with Crippen LogP contribution in [0.25, 0.3) is 23.3 Å². The van der Waals surface area contributed by atoms with Crippen molar-refractivity contribution in [2.75, 3.05) is 0 Å². The second kappa shape index (κ2) is 13.6. The zero-order valence-corrected chi connectivity index (χ0v) is 18.5. The molecule has 0 heteroatoms. The van der Waals surface area contributed by atoms with E-state index in [2.05, 4.69) is 105 Å². The van der Waals surface area contributed by atoms with Gasteiger partial charge < -0.3 is 0 Å². The van der Waals surface area contributed by atoms with Gasteiger partial charge in [-0.3, -0.25) is 0 Å². The molecule has 0 nitrogen and oxygen atoms in total. The van der Waals surface area contributed by atoms with E-state index in [1.54, 1.807) is 6.08 Å². The van der Waals surface area contributed by atoms with Crippen LogP contribution < -0.4 is 0 Å². The third-order valence-corrected chi connectivity index (χ3v) is 4.70. The molecule has 0 fully saturated rings. The van der Waals surface area contributed by atoms with Gasteiger partial charge in [-0.15, -0.1) is 0 Å². The summed E-state index contributed by atoms with van der Waals surface area (Å²) in [6.07, 6.45) is 14.2. The molecule has 1 aliphatic rings. The van der Waals surface area contributed by atoms with Crippen LogP contribution in [-0.4, -0.2) is 0 Å². The van der Waals surface area contributed by atoms with Gasteiger partial charge in [0, 0.05) is 0 Å². The first-order valence-electron chi connectivity index (χ1n) is 10.6. The number of fused-ring (bicyclic) bond motifs is 1. The summed E-state index contributed by atoms with van der Waals surface area (Å²) in [5.74, 6) is 0. The van der Waals surface area contributed by atoms with Gasteiger partial charge in [-0.1, -0.05) is 141 Å². The average molecular weight is 405 g/mol. The average Bonchev–Trinajstić information content (AvgIpc) is 2.84. The minimum absolute atomic E-state index is 1.06. The maximum absolute atomic E-state index is 3.73. The van der Waals surface area contributed by atoms with Crippen LogP contribution in [0, 0.1) is 0 Å². The van der Waals surface area contributed by atoms with Gasteiger partial charge in [0.2, 0.25) is 0 Å². The van der Waals surface area contributed by atoms with E-state index in [1.807, 2.05) is 31.2 Å². The molecule has 4 rings (SSSR count). The van der Waals surface area contributed by atoms with Crippen LogP contribution >= 0.6 is 0 Å². The molecule has 1 aliphatic carbocycles. The second-order valence-corrected chi connectivity index (χ2v) is 7.27. The van der Waals surface area contributed by atoms with Gasteiger partial charge in [0.25, 0.3) is 0 Å². The quantitative estimate of drug-likeness (QED) is 0.381. The molecule has 0 saturated carbocycles. The van der Waals surface area contributed by atoms with E-state index in [0.29, 0.717) is 0 Å².